The van der Waals surface area contributed by atoms with Crippen LogP contribution in [0.3, 0.4) is 0 Å². The highest BCUT2D eigenvalue weighted by molar-refractivity contribution is 7.71. The van der Waals surface area contributed by atoms with Gasteiger partial charge in [-0.3, -0.25) is 19.4 Å². The van der Waals surface area contributed by atoms with Crippen LogP contribution in [0, 0.1) is 4.77 Å². The number of rotatable bonds is 0. The minimum Gasteiger partial charge on any atom is -0.296 e. The van der Waals surface area contributed by atoms with Gasteiger partial charge in [0.15, 0.2) is 4.77 Å². The first-order valence-electron chi connectivity index (χ1n) is 3.07. The predicted octanol–water partition coefficient (Wildman–Crippen LogP) is 0.685. The molecule has 0 saturated heterocycles. The van der Waals surface area contributed by atoms with Crippen LogP contribution in [0.25, 0.3) is 5.52 Å². The van der Waals surface area contributed by atoms with Crippen LogP contribution in [0.15, 0.2) is 23.1 Å². The Labute approximate surface area is 66.5 Å². The van der Waals surface area contributed by atoms with Gasteiger partial charge in [0.2, 0.25) is 0 Å². The lowest BCUT2D eigenvalue weighted by molar-refractivity contribution is 0.873. The van der Waals surface area contributed by atoms with E-state index >= 15 is 0 Å². The van der Waals surface area contributed by atoms with E-state index in [-0.39, 0.29) is 5.56 Å². The smallest absolute Gasteiger partial charge is 0.276 e. The van der Waals surface area contributed by atoms with E-state index < -0.39 is 0 Å². The molecule has 0 atom stereocenters. The van der Waals surface area contributed by atoms with E-state index in [1.807, 2.05) is 0 Å². The molecule has 2 rings (SSSR count). The van der Waals surface area contributed by atoms with Gasteiger partial charge in [0.25, 0.3) is 5.56 Å². The van der Waals surface area contributed by atoms with Gasteiger partial charge in [0, 0.05) is 6.20 Å². The monoisotopic (exact) mass is 167 g/mol. The molecule has 4 nitrogen and oxygen atoms in total. The van der Waals surface area contributed by atoms with Gasteiger partial charge >= 0.3 is 0 Å². The molecular weight excluding hydrogens is 162 g/mol. The van der Waals surface area contributed by atoms with Crippen LogP contribution in [0.2, 0.25) is 0 Å². The minimum atomic E-state index is -0.168. The summed E-state index contributed by atoms with van der Waals surface area (Å²) in [5, 5.41) is 2.79. The molecule has 0 saturated carbocycles. The molecule has 0 radical (unpaired) electrons. The zero-order chi connectivity index (χ0) is 7.84. The Balaban J connectivity index is 3.15. The lowest BCUT2D eigenvalue weighted by atomic mass is 10.5. The standard InChI is InChI=1S/C6H5N3OS/c10-5-4-2-1-3-9(4)8-6(11)7-5/h1-3H,(H2,7,8,10,11). The normalized spacial score (nSPS) is 10.5. The summed E-state index contributed by atoms with van der Waals surface area (Å²) in [5.41, 5.74) is 0.400. The molecule has 5 heteroatoms. The number of hydrogen-bond donors (Lipinski definition) is 2. The predicted molar refractivity (Wildman–Crippen MR) is 43.2 cm³/mol. The molecule has 11 heavy (non-hydrogen) atoms. The molecule has 0 aliphatic heterocycles. The molecule has 2 heterocycles. The van der Waals surface area contributed by atoms with Crippen LogP contribution in [0.5, 0.6) is 0 Å². The van der Waals surface area contributed by atoms with Crippen molar-refractivity contribution in [3.63, 3.8) is 0 Å². The average molecular weight is 167 g/mol. The molecule has 0 unspecified atom stereocenters. The molecule has 2 N–H and O–H groups in total. The number of aromatic nitrogens is 3. The molecule has 2 aromatic heterocycles. The fourth-order valence-electron chi connectivity index (χ4n) is 0.968. The largest absolute Gasteiger partial charge is 0.296 e. The topological polar surface area (TPSA) is 53.1 Å². The summed E-state index contributed by atoms with van der Waals surface area (Å²) in [5.74, 6) is 0. The van der Waals surface area contributed by atoms with Crippen LogP contribution >= 0.6 is 12.2 Å². The maximum atomic E-state index is 11.1. The first kappa shape index (κ1) is 6.36. The Morgan fingerprint density at radius 3 is 3.18 bits per heavy atom. The molecule has 2 aromatic rings. The average Bonchev–Trinajstić information content (AvgIpc) is 2.34. The zero-order valence-electron chi connectivity index (χ0n) is 5.50. The molecule has 0 spiro atoms. The summed E-state index contributed by atoms with van der Waals surface area (Å²) in [6, 6.07) is 3.49. The number of fused-ring (bicyclic) bond motifs is 1. The van der Waals surface area contributed by atoms with Gasteiger partial charge in [0.1, 0.15) is 5.52 Å². The summed E-state index contributed by atoms with van der Waals surface area (Å²) < 4.78 is 1.92. The fraction of sp³-hybridized carbons (Fsp3) is 0. The van der Waals surface area contributed by atoms with Crippen molar-refractivity contribution < 1.29 is 0 Å². The molecule has 0 amide bonds. The first-order chi connectivity index (χ1) is 5.27. The summed E-state index contributed by atoms with van der Waals surface area (Å²) in [7, 11) is 0. The highest BCUT2D eigenvalue weighted by atomic mass is 32.1. The Hall–Kier alpha value is -1.36. The third-order valence-corrected chi connectivity index (χ3v) is 1.62. The van der Waals surface area contributed by atoms with Crippen LogP contribution in [0.1, 0.15) is 0 Å². The van der Waals surface area contributed by atoms with Crippen molar-refractivity contribution in [2.45, 2.75) is 0 Å². The van der Waals surface area contributed by atoms with Crippen molar-refractivity contribution in [2.75, 3.05) is 0 Å². The molecule has 0 aliphatic rings. The molecular formula is C6H5N3OS. The summed E-state index contributed by atoms with van der Waals surface area (Å²) >= 11 is 4.76. The van der Waals surface area contributed by atoms with Crippen LogP contribution in [-0.2, 0) is 0 Å². The van der Waals surface area contributed by atoms with Gasteiger partial charge in [-0.2, -0.15) is 0 Å². The second-order valence-corrected chi connectivity index (χ2v) is 2.57. The van der Waals surface area contributed by atoms with Gasteiger partial charge in [-0.1, -0.05) is 0 Å². The van der Waals surface area contributed by atoms with Gasteiger partial charge in [-0.05, 0) is 24.4 Å². The van der Waals surface area contributed by atoms with E-state index in [1.165, 1.54) is 0 Å². The summed E-state index contributed by atoms with van der Waals surface area (Å²) in [6.45, 7) is 0. The number of aromatic amines is 2. The number of H-pyrrole nitrogens is 2. The molecule has 0 aliphatic carbocycles. The number of nitrogens with zero attached hydrogens (tertiary/aromatic N) is 1. The molecule has 0 aromatic carbocycles. The van der Waals surface area contributed by atoms with Crippen molar-refractivity contribution in [1.29, 1.82) is 0 Å². The van der Waals surface area contributed by atoms with Crippen molar-refractivity contribution in [3.05, 3.63) is 33.5 Å². The summed E-state index contributed by atoms with van der Waals surface area (Å²) in [6.07, 6.45) is 1.74. The van der Waals surface area contributed by atoms with Gasteiger partial charge < -0.3 is 0 Å². The zero-order valence-corrected chi connectivity index (χ0v) is 6.31. The quantitative estimate of drug-likeness (QED) is 0.567. The van der Waals surface area contributed by atoms with Crippen LogP contribution in [0.4, 0.5) is 0 Å². The summed E-state index contributed by atoms with van der Waals surface area (Å²) in [4.78, 5) is 13.6. The van der Waals surface area contributed by atoms with E-state index in [0.29, 0.717) is 10.3 Å². The van der Waals surface area contributed by atoms with Crippen LogP contribution < -0.4 is 5.56 Å². The van der Waals surface area contributed by atoms with E-state index in [9.17, 15) is 4.79 Å². The second-order valence-electron chi connectivity index (χ2n) is 2.16. The lowest BCUT2D eigenvalue weighted by Gasteiger charge is -1.91. The van der Waals surface area contributed by atoms with Gasteiger partial charge in [0.05, 0.1) is 0 Å². The Kier molecular flexibility index (Phi) is 1.19. The number of nitrogens with one attached hydrogen (secondary N) is 2. The van der Waals surface area contributed by atoms with E-state index in [4.69, 9.17) is 12.2 Å². The maximum Gasteiger partial charge on any atom is 0.276 e. The van der Waals surface area contributed by atoms with Crippen molar-refractivity contribution in [1.82, 2.24) is 14.6 Å². The van der Waals surface area contributed by atoms with E-state index in [1.54, 1.807) is 22.8 Å². The van der Waals surface area contributed by atoms with Crippen molar-refractivity contribution in [3.8, 4) is 0 Å². The molecule has 0 fully saturated rings. The van der Waals surface area contributed by atoms with E-state index in [2.05, 4.69) is 10.1 Å². The Morgan fingerprint density at radius 1 is 1.55 bits per heavy atom. The first-order valence-corrected chi connectivity index (χ1v) is 3.48. The molecule has 56 valence electrons. The minimum absolute atomic E-state index is 0.168. The highest BCUT2D eigenvalue weighted by Crippen LogP contribution is 1.92. The third-order valence-electron chi connectivity index (χ3n) is 1.43. The van der Waals surface area contributed by atoms with Gasteiger partial charge in [-0.15, -0.1) is 0 Å². The highest BCUT2D eigenvalue weighted by Gasteiger charge is 1.94. The SMILES string of the molecule is O=c1[nH]c(=S)[nH]n2cccc12. The lowest BCUT2D eigenvalue weighted by Crippen LogP contribution is -2.10. The van der Waals surface area contributed by atoms with Crippen LogP contribution in [-0.4, -0.2) is 14.6 Å². The maximum absolute atomic E-state index is 11.1. The Bertz CT molecular complexity index is 492. The Morgan fingerprint density at radius 2 is 2.36 bits per heavy atom. The molecule has 0 bridgehead atoms. The van der Waals surface area contributed by atoms with E-state index in [0.717, 1.165) is 0 Å². The third kappa shape index (κ3) is 0.894. The number of hydrogen-bond acceptors (Lipinski definition) is 2. The second kappa shape index (κ2) is 2.06. The van der Waals surface area contributed by atoms with Gasteiger partial charge in [-0.25, -0.2) is 0 Å². The fourth-order valence-corrected chi connectivity index (χ4v) is 1.16. The van der Waals surface area contributed by atoms with Crippen molar-refractivity contribution >= 4 is 17.7 Å². The van der Waals surface area contributed by atoms with Crippen molar-refractivity contribution in [2.24, 2.45) is 0 Å².